The summed E-state index contributed by atoms with van der Waals surface area (Å²) in [7, 11) is 0. The molecule has 0 aliphatic carbocycles. The van der Waals surface area contributed by atoms with Crippen LogP contribution in [0.15, 0.2) is 48.5 Å². The monoisotopic (exact) mass is 226 g/mol. The number of phenolic OH excluding ortho intramolecular Hbond substituents is 2. The second-order valence-corrected chi connectivity index (χ2v) is 3.77. The van der Waals surface area contributed by atoms with Gasteiger partial charge in [0.05, 0.1) is 0 Å². The fourth-order valence-electron chi connectivity index (χ4n) is 1.76. The molecule has 0 heterocycles. The van der Waals surface area contributed by atoms with Crippen molar-refractivity contribution in [3.63, 3.8) is 0 Å². The molecular weight excluding hydrogens is 212 g/mol. The number of hydrogen-bond acceptors (Lipinski definition) is 2. The van der Waals surface area contributed by atoms with Crippen LogP contribution in [0.1, 0.15) is 12.5 Å². The maximum Gasteiger partial charge on any atom is 0.166 e. The van der Waals surface area contributed by atoms with Gasteiger partial charge in [-0.1, -0.05) is 48.6 Å². The molecule has 17 heavy (non-hydrogen) atoms. The molecule has 0 bridgehead atoms. The molecule has 0 aliphatic rings. The van der Waals surface area contributed by atoms with Crippen LogP contribution in [0.5, 0.6) is 11.5 Å². The highest BCUT2D eigenvalue weighted by Crippen LogP contribution is 2.39. The Bertz CT molecular complexity index is 542. The molecule has 0 atom stereocenters. The summed E-state index contributed by atoms with van der Waals surface area (Å²) in [5.74, 6) is -0.156. The Hall–Kier alpha value is -2.22. The lowest BCUT2D eigenvalue weighted by Crippen LogP contribution is -1.82. The molecule has 2 aromatic carbocycles. The van der Waals surface area contributed by atoms with Gasteiger partial charge < -0.3 is 10.2 Å². The molecule has 2 N–H and O–H groups in total. The van der Waals surface area contributed by atoms with Crippen LogP contribution >= 0.6 is 0 Å². The second kappa shape index (κ2) is 4.74. The van der Waals surface area contributed by atoms with E-state index in [0.717, 1.165) is 5.56 Å². The molecule has 2 nitrogen and oxygen atoms in total. The summed E-state index contributed by atoms with van der Waals surface area (Å²) in [6.07, 6.45) is 3.57. The molecule has 0 unspecified atom stereocenters. The molecule has 0 radical (unpaired) electrons. The van der Waals surface area contributed by atoms with E-state index < -0.39 is 0 Å². The fraction of sp³-hybridized carbons (Fsp3) is 0.0667. The standard InChI is InChI=1S/C15H14O2/c1-2-6-12-9-10-13(15(17)14(12)16)11-7-4-3-5-8-11/h2-10,16-17H,1H3. The van der Waals surface area contributed by atoms with Gasteiger partial charge in [-0.2, -0.15) is 0 Å². The van der Waals surface area contributed by atoms with Crippen molar-refractivity contribution in [1.82, 2.24) is 0 Å². The Morgan fingerprint density at radius 3 is 2.24 bits per heavy atom. The highest BCUT2D eigenvalue weighted by Gasteiger charge is 2.10. The number of benzene rings is 2. The Kier molecular flexibility index (Phi) is 3.15. The second-order valence-electron chi connectivity index (χ2n) is 3.77. The van der Waals surface area contributed by atoms with Crippen LogP contribution in [0.4, 0.5) is 0 Å². The van der Waals surface area contributed by atoms with Crippen LogP contribution in [0, 0.1) is 0 Å². The predicted molar refractivity (Wildman–Crippen MR) is 69.9 cm³/mol. The van der Waals surface area contributed by atoms with E-state index in [1.165, 1.54) is 0 Å². The zero-order valence-electron chi connectivity index (χ0n) is 9.59. The molecule has 2 rings (SSSR count). The van der Waals surface area contributed by atoms with Gasteiger partial charge in [-0.05, 0) is 18.6 Å². The first-order valence-corrected chi connectivity index (χ1v) is 5.47. The average molecular weight is 226 g/mol. The fourth-order valence-corrected chi connectivity index (χ4v) is 1.76. The van der Waals surface area contributed by atoms with Crippen molar-refractivity contribution >= 4 is 6.08 Å². The van der Waals surface area contributed by atoms with E-state index in [1.807, 2.05) is 43.3 Å². The van der Waals surface area contributed by atoms with Crippen LogP contribution in [-0.4, -0.2) is 10.2 Å². The first-order chi connectivity index (χ1) is 8.24. The van der Waals surface area contributed by atoms with Gasteiger partial charge in [-0.25, -0.2) is 0 Å². The van der Waals surface area contributed by atoms with Gasteiger partial charge in [-0.3, -0.25) is 0 Å². The van der Waals surface area contributed by atoms with Crippen LogP contribution < -0.4 is 0 Å². The lowest BCUT2D eigenvalue weighted by atomic mass is 10.0. The number of aromatic hydroxyl groups is 2. The van der Waals surface area contributed by atoms with E-state index in [2.05, 4.69) is 0 Å². The quantitative estimate of drug-likeness (QED) is 0.765. The predicted octanol–water partition coefficient (Wildman–Crippen LogP) is 3.80. The summed E-state index contributed by atoms with van der Waals surface area (Å²) in [6.45, 7) is 1.86. The summed E-state index contributed by atoms with van der Waals surface area (Å²) >= 11 is 0. The first kappa shape index (κ1) is 11.3. The van der Waals surface area contributed by atoms with Crippen molar-refractivity contribution in [3.8, 4) is 22.6 Å². The summed E-state index contributed by atoms with van der Waals surface area (Å²) in [6, 6.07) is 13.1. The number of rotatable bonds is 2. The van der Waals surface area contributed by atoms with E-state index >= 15 is 0 Å². The van der Waals surface area contributed by atoms with Gasteiger partial charge in [0.1, 0.15) is 0 Å². The van der Waals surface area contributed by atoms with Crippen LogP contribution in [-0.2, 0) is 0 Å². The Morgan fingerprint density at radius 1 is 0.882 bits per heavy atom. The number of allylic oxidation sites excluding steroid dienone is 1. The van der Waals surface area contributed by atoms with Gasteiger partial charge in [0.25, 0.3) is 0 Å². The van der Waals surface area contributed by atoms with Gasteiger partial charge in [0.15, 0.2) is 11.5 Å². The van der Waals surface area contributed by atoms with E-state index in [0.29, 0.717) is 11.1 Å². The first-order valence-electron chi connectivity index (χ1n) is 5.47. The maximum absolute atomic E-state index is 9.97. The smallest absolute Gasteiger partial charge is 0.166 e. The van der Waals surface area contributed by atoms with Crippen molar-refractivity contribution in [2.24, 2.45) is 0 Å². The minimum atomic E-state index is -0.0792. The molecule has 2 heteroatoms. The summed E-state index contributed by atoms with van der Waals surface area (Å²) in [5.41, 5.74) is 2.13. The molecule has 86 valence electrons. The molecule has 0 fully saturated rings. The maximum atomic E-state index is 9.97. The van der Waals surface area contributed by atoms with E-state index in [4.69, 9.17) is 0 Å². The van der Waals surface area contributed by atoms with Crippen molar-refractivity contribution in [1.29, 1.82) is 0 Å². The number of hydrogen-bond donors (Lipinski definition) is 2. The van der Waals surface area contributed by atoms with Gasteiger partial charge in [0, 0.05) is 11.1 Å². The minimum Gasteiger partial charge on any atom is -0.504 e. The highest BCUT2D eigenvalue weighted by molar-refractivity contribution is 5.77. The van der Waals surface area contributed by atoms with Crippen molar-refractivity contribution < 1.29 is 10.2 Å². The average Bonchev–Trinajstić information content (AvgIpc) is 2.36. The SMILES string of the molecule is CC=Cc1ccc(-c2ccccc2)c(O)c1O. The van der Waals surface area contributed by atoms with Gasteiger partial charge in [0.2, 0.25) is 0 Å². The lowest BCUT2D eigenvalue weighted by molar-refractivity contribution is 0.404. The van der Waals surface area contributed by atoms with Crippen LogP contribution in [0.25, 0.3) is 17.2 Å². The van der Waals surface area contributed by atoms with Crippen LogP contribution in [0.2, 0.25) is 0 Å². The van der Waals surface area contributed by atoms with Gasteiger partial charge >= 0.3 is 0 Å². The molecule has 0 aromatic heterocycles. The molecule has 2 aromatic rings. The van der Waals surface area contributed by atoms with E-state index in [1.54, 1.807) is 18.2 Å². The van der Waals surface area contributed by atoms with E-state index in [-0.39, 0.29) is 11.5 Å². The molecule has 0 spiro atoms. The van der Waals surface area contributed by atoms with Crippen molar-refractivity contribution in [2.45, 2.75) is 6.92 Å². The lowest BCUT2D eigenvalue weighted by Gasteiger charge is -2.08. The minimum absolute atomic E-state index is 0.0770. The Labute approximate surface area is 100 Å². The zero-order valence-corrected chi connectivity index (χ0v) is 9.59. The summed E-state index contributed by atoms with van der Waals surface area (Å²) in [5, 5.41) is 19.8. The Balaban J connectivity index is 2.55. The van der Waals surface area contributed by atoms with E-state index in [9.17, 15) is 10.2 Å². The third-order valence-corrected chi connectivity index (χ3v) is 2.61. The number of phenols is 2. The van der Waals surface area contributed by atoms with Crippen LogP contribution in [0.3, 0.4) is 0 Å². The van der Waals surface area contributed by atoms with Crippen molar-refractivity contribution in [2.75, 3.05) is 0 Å². The molecule has 0 saturated carbocycles. The molecule has 0 aliphatic heterocycles. The van der Waals surface area contributed by atoms with Gasteiger partial charge in [-0.15, -0.1) is 0 Å². The third-order valence-electron chi connectivity index (χ3n) is 2.61. The zero-order chi connectivity index (χ0) is 12.3. The third kappa shape index (κ3) is 2.16. The van der Waals surface area contributed by atoms with Crippen molar-refractivity contribution in [3.05, 3.63) is 54.1 Å². The Morgan fingerprint density at radius 2 is 1.59 bits per heavy atom. The molecule has 0 amide bonds. The largest absolute Gasteiger partial charge is 0.504 e. The highest BCUT2D eigenvalue weighted by atomic mass is 16.3. The normalized spacial score (nSPS) is 10.9. The summed E-state index contributed by atoms with van der Waals surface area (Å²) < 4.78 is 0. The molecular formula is C15H14O2. The summed E-state index contributed by atoms with van der Waals surface area (Å²) in [4.78, 5) is 0. The topological polar surface area (TPSA) is 40.5 Å². The molecule has 0 saturated heterocycles.